The molecule has 0 spiro atoms. The number of alkyl halides is 1. The van der Waals surface area contributed by atoms with Crippen LogP contribution in [0.25, 0.3) is 0 Å². The van der Waals surface area contributed by atoms with Crippen LogP contribution in [0.4, 0.5) is 8.78 Å². The van der Waals surface area contributed by atoms with Crippen LogP contribution in [-0.2, 0) is 5.79 Å². The Labute approximate surface area is 80.8 Å². The van der Waals surface area contributed by atoms with Crippen molar-refractivity contribution in [2.75, 3.05) is 0 Å². The predicted molar refractivity (Wildman–Crippen MR) is 50.6 cm³/mol. The van der Waals surface area contributed by atoms with Crippen LogP contribution in [-0.4, -0.2) is 0 Å². The molecule has 0 saturated carbocycles. The Morgan fingerprint density at radius 2 is 1.79 bits per heavy atom. The Hall–Kier alpha value is -1.64. The predicted octanol–water partition coefficient (Wildman–Crippen LogP) is 2.62. The van der Waals surface area contributed by atoms with Gasteiger partial charge in [-0.15, -0.1) is 0 Å². The maximum atomic E-state index is 14.1. The van der Waals surface area contributed by atoms with Crippen LogP contribution >= 0.6 is 0 Å². The van der Waals surface area contributed by atoms with E-state index in [0.717, 1.165) is 0 Å². The van der Waals surface area contributed by atoms with E-state index >= 15 is 0 Å². The van der Waals surface area contributed by atoms with Gasteiger partial charge in [-0.2, -0.15) is 0 Å². The van der Waals surface area contributed by atoms with Crippen molar-refractivity contribution in [3.63, 3.8) is 0 Å². The first-order chi connectivity index (χ1) is 6.71. The second-order valence-corrected chi connectivity index (χ2v) is 3.08. The zero-order chi connectivity index (χ0) is 10.0. The molecule has 1 atom stereocenters. The molecule has 0 fully saturated rings. The van der Waals surface area contributed by atoms with Gasteiger partial charge >= 0.3 is 0 Å². The van der Waals surface area contributed by atoms with Crippen LogP contribution in [0.3, 0.4) is 0 Å². The van der Waals surface area contributed by atoms with Crippen LogP contribution in [0.1, 0.15) is 5.56 Å². The summed E-state index contributed by atoms with van der Waals surface area (Å²) in [5.41, 5.74) is 0.388. The fourth-order valence-corrected chi connectivity index (χ4v) is 1.33. The zero-order valence-corrected chi connectivity index (χ0v) is 7.37. The quantitative estimate of drug-likeness (QED) is 0.676. The number of rotatable bonds is 1. The van der Waals surface area contributed by atoms with Gasteiger partial charge < -0.3 is 5.32 Å². The number of benzene rings is 1. The number of dihydropyridines is 1. The molecule has 14 heavy (non-hydrogen) atoms. The van der Waals surface area contributed by atoms with Crippen LogP contribution < -0.4 is 5.32 Å². The van der Waals surface area contributed by atoms with Gasteiger partial charge in [0.2, 0.25) is 5.79 Å². The topological polar surface area (TPSA) is 12.0 Å². The Balaban J connectivity index is 2.34. The van der Waals surface area contributed by atoms with Gasteiger partial charge in [-0.1, -0.05) is 18.2 Å². The van der Waals surface area contributed by atoms with Gasteiger partial charge in [0.15, 0.2) is 0 Å². The first kappa shape index (κ1) is 8.94. The highest BCUT2D eigenvalue weighted by molar-refractivity contribution is 5.31. The first-order valence-electron chi connectivity index (χ1n) is 4.28. The number of hydrogen-bond donors (Lipinski definition) is 1. The van der Waals surface area contributed by atoms with E-state index in [2.05, 4.69) is 5.32 Å². The lowest BCUT2D eigenvalue weighted by Gasteiger charge is -2.24. The Morgan fingerprint density at radius 1 is 1.07 bits per heavy atom. The van der Waals surface area contributed by atoms with Crippen molar-refractivity contribution in [2.45, 2.75) is 5.79 Å². The van der Waals surface area contributed by atoms with Crippen molar-refractivity contribution in [3.05, 3.63) is 60.1 Å². The molecule has 1 unspecified atom stereocenters. The molecule has 72 valence electrons. The van der Waals surface area contributed by atoms with E-state index in [1.54, 1.807) is 12.2 Å². The molecule has 0 amide bonds. The van der Waals surface area contributed by atoms with E-state index in [0.29, 0.717) is 5.56 Å². The highest BCUT2D eigenvalue weighted by atomic mass is 19.1. The molecule has 0 radical (unpaired) electrons. The summed E-state index contributed by atoms with van der Waals surface area (Å²) in [5.74, 6) is -2.09. The molecule has 0 aliphatic carbocycles. The SMILES string of the molecule is Fc1ccc(C2(F)C=CC=CN2)cc1. The number of allylic oxidation sites excluding steroid dienone is 2. The lowest BCUT2D eigenvalue weighted by molar-refractivity contribution is 0.200. The first-order valence-corrected chi connectivity index (χ1v) is 4.28. The summed E-state index contributed by atoms with van der Waals surface area (Å²) in [6, 6.07) is 5.33. The molecule has 1 aromatic carbocycles. The van der Waals surface area contributed by atoms with Crippen molar-refractivity contribution in [1.29, 1.82) is 0 Å². The van der Waals surface area contributed by atoms with Crippen molar-refractivity contribution in [1.82, 2.24) is 5.32 Å². The third-order valence-corrected chi connectivity index (χ3v) is 2.09. The summed E-state index contributed by atoms with van der Waals surface area (Å²) in [4.78, 5) is 0. The number of nitrogens with one attached hydrogen (secondary N) is 1. The minimum Gasteiger partial charge on any atom is -0.353 e. The maximum absolute atomic E-state index is 14.1. The average molecular weight is 193 g/mol. The summed E-state index contributed by atoms with van der Waals surface area (Å²) in [5, 5.41) is 2.57. The van der Waals surface area contributed by atoms with E-state index in [4.69, 9.17) is 0 Å². The maximum Gasteiger partial charge on any atom is 0.225 e. The summed E-state index contributed by atoms with van der Waals surface area (Å²) in [6.07, 6.45) is 6.21. The molecule has 1 aliphatic heterocycles. The van der Waals surface area contributed by atoms with E-state index in [-0.39, 0.29) is 5.82 Å². The summed E-state index contributed by atoms with van der Waals surface area (Å²) in [7, 11) is 0. The van der Waals surface area contributed by atoms with Gasteiger partial charge in [-0.25, -0.2) is 8.78 Å². The Morgan fingerprint density at radius 3 is 2.36 bits per heavy atom. The van der Waals surface area contributed by atoms with Gasteiger partial charge in [0.05, 0.1) is 0 Å². The lowest BCUT2D eigenvalue weighted by atomic mass is 10.0. The number of hydrogen-bond acceptors (Lipinski definition) is 1. The van der Waals surface area contributed by atoms with Crippen molar-refractivity contribution in [2.24, 2.45) is 0 Å². The molecular weight excluding hydrogens is 184 g/mol. The largest absolute Gasteiger partial charge is 0.353 e. The molecule has 2 rings (SSSR count). The fraction of sp³-hybridized carbons (Fsp3) is 0.0909. The van der Waals surface area contributed by atoms with E-state index < -0.39 is 5.79 Å². The molecule has 1 aliphatic rings. The van der Waals surface area contributed by atoms with Crippen molar-refractivity contribution in [3.8, 4) is 0 Å². The molecule has 1 N–H and O–H groups in total. The Bertz CT molecular complexity index is 381. The van der Waals surface area contributed by atoms with E-state index in [1.165, 1.54) is 36.5 Å². The minimum atomic E-state index is -1.72. The standard InChI is InChI=1S/C11H9F2N/c12-10-5-3-9(4-6-10)11(13)7-1-2-8-14-11/h1-8,14H. The van der Waals surface area contributed by atoms with E-state index in [1.807, 2.05) is 0 Å². The Kier molecular flexibility index (Phi) is 2.08. The van der Waals surface area contributed by atoms with Crippen LogP contribution in [0.15, 0.2) is 48.7 Å². The molecule has 0 saturated heterocycles. The molecule has 1 heterocycles. The third-order valence-electron chi connectivity index (χ3n) is 2.09. The third kappa shape index (κ3) is 1.53. The lowest BCUT2D eigenvalue weighted by Crippen LogP contribution is -2.33. The van der Waals surface area contributed by atoms with Crippen molar-refractivity contribution >= 4 is 0 Å². The zero-order valence-electron chi connectivity index (χ0n) is 7.37. The van der Waals surface area contributed by atoms with Gasteiger partial charge in [0.25, 0.3) is 0 Å². The van der Waals surface area contributed by atoms with Gasteiger partial charge in [-0.05, 0) is 30.5 Å². The normalized spacial score (nSPS) is 24.7. The van der Waals surface area contributed by atoms with Crippen molar-refractivity contribution < 1.29 is 8.78 Å². The summed E-state index contributed by atoms with van der Waals surface area (Å²) < 4.78 is 26.7. The fourth-order valence-electron chi connectivity index (χ4n) is 1.33. The van der Waals surface area contributed by atoms with Gasteiger partial charge in [0.1, 0.15) is 5.82 Å². The molecular formula is C11H9F2N. The minimum absolute atomic E-state index is 0.368. The second kappa shape index (κ2) is 3.25. The van der Waals surface area contributed by atoms with Crippen LogP contribution in [0.5, 0.6) is 0 Å². The second-order valence-electron chi connectivity index (χ2n) is 3.08. The summed E-state index contributed by atoms with van der Waals surface area (Å²) >= 11 is 0. The summed E-state index contributed by atoms with van der Waals surface area (Å²) in [6.45, 7) is 0. The van der Waals surface area contributed by atoms with Gasteiger partial charge in [0, 0.05) is 5.56 Å². The molecule has 0 bridgehead atoms. The van der Waals surface area contributed by atoms with Crippen LogP contribution in [0, 0.1) is 5.82 Å². The average Bonchev–Trinajstić information content (AvgIpc) is 2.19. The molecule has 3 heteroatoms. The number of halogens is 2. The highest BCUT2D eigenvalue weighted by Gasteiger charge is 2.27. The molecule has 1 nitrogen and oxygen atoms in total. The monoisotopic (exact) mass is 193 g/mol. The molecule has 1 aromatic rings. The van der Waals surface area contributed by atoms with Crippen LogP contribution in [0.2, 0.25) is 0 Å². The highest BCUT2D eigenvalue weighted by Crippen LogP contribution is 2.26. The van der Waals surface area contributed by atoms with Gasteiger partial charge in [-0.3, -0.25) is 0 Å². The molecule has 0 aromatic heterocycles. The van der Waals surface area contributed by atoms with E-state index in [9.17, 15) is 8.78 Å². The smallest absolute Gasteiger partial charge is 0.225 e.